The van der Waals surface area contributed by atoms with Crippen LogP contribution in [0.5, 0.6) is 5.75 Å². The van der Waals surface area contributed by atoms with Crippen molar-refractivity contribution in [3.05, 3.63) is 75.2 Å². The summed E-state index contributed by atoms with van der Waals surface area (Å²) >= 11 is 1.74. The highest BCUT2D eigenvalue weighted by molar-refractivity contribution is 7.09. The van der Waals surface area contributed by atoms with Crippen LogP contribution in [0.3, 0.4) is 0 Å². The van der Waals surface area contributed by atoms with Gasteiger partial charge in [0.25, 0.3) is 5.91 Å². The van der Waals surface area contributed by atoms with Crippen LogP contribution in [0.1, 0.15) is 32.2 Å². The molecular formula is C22H26N2O2S. The van der Waals surface area contributed by atoms with Crippen molar-refractivity contribution in [3.63, 3.8) is 0 Å². The van der Waals surface area contributed by atoms with Crippen molar-refractivity contribution >= 4 is 17.2 Å². The van der Waals surface area contributed by atoms with Gasteiger partial charge in [0.05, 0.1) is 18.7 Å². The van der Waals surface area contributed by atoms with E-state index < -0.39 is 0 Å². The largest absolute Gasteiger partial charge is 0.492 e. The third kappa shape index (κ3) is 4.61. The lowest BCUT2D eigenvalue weighted by molar-refractivity contribution is 0.0773. The van der Waals surface area contributed by atoms with Gasteiger partial charge in [0.1, 0.15) is 12.4 Å². The highest BCUT2D eigenvalue weighted by Gasteiger charge is 2.19. The molecule has 2 heterocycles. The number of thiophene rings is 1. The van der Waals surface area contributed by atoms with E-state index in [0.29, 0.717) is 13.2 Å². The zero-order valence-corrected chi connectivity index (χ0v) is 17.2. The number of likely N-dealkylation sites (N-methyl/N-ethyl adjacent to an activating group) is 1. The summed E-state index contributed by atoms with van der Waals surface area (Å²) in [7, 11) is 1.83. The molecule has 0 fully saturated rings. The first-order valence-corrected chi connectivity index (χ1v) is 9.97. The number of carbonyl (C=O) groups is 1. The minimum atomic E-state index is 0.0355. The fourth-order valence-electron chi connectivity index (χ4n) is 3.13. The Morgan fingerprint density at radius 1 is 1.15 bits per heavy atom. The number of rotatable bonds is 7. The first-order chi connectivity index (χ1) is 13.0. The van der Waals surface area contributed by atoms with Crippen LogP contribution in [0.2, 0.25) is 0 Å². The monoisotopic (exact) mass is 382 g/mol. The summed E-state index contributed by atoms with van der Waals surface area (Å²) in [5, 5.41) is 2.08. The third-order valence-corrected chi connectivity index (χ3v) is 5.59. The molecule has 2 aromatic heterocycles. The second-order valence-electron chi connectivity index (χ2n) is 6.84. The van der Waals surface area contributed by atoms with Gasteiger partial charge in [-0.2, -0.15) is 0 Å². The van der Waals surface area contributed by atoms with Crippen LogP contribution in [-0.2, 0) is 6.54 Å². The van der Waals surface area contributed by atoms with E-state index in [1.54, 1.807) is 16.2 Å². The quantitative estimate of drug-likeness (QED) is 0.595. The van der Waals surface area contributed by atoms with Gasteiger partial charge in [-0.25, -0.2) is 0 Å². The summed E-state index contributed by atoms with van der Waals surface area (Å²) in [6, 6.07) is 14.1. The van der Waals surface area contributed by atoms with Crippen LogP contribution in [0, 0.1) is 20.8 Å². The smallest absolute Gasteiger partial charge is 0.255 e. The van der Waals surface area contributed by atoms with E-state index in [4.69, 9.17) is 4.74 Å². The predicted octanol–water partition coefficient (Wildman–Crippen LogP) is 4.67. The molecule has 3 aromatic rings. The van der Waals surface area contributed by atoms with Crippen molar-refractivity contribution in [3.8, 4) is 5.75 Å². The molecule has 0 aliphatic carbocycles. The molecule has 0 radical (unpaired) electrons. The zero-order valence-electron chi connectivity index (χ0n) is 16.4. The van der Waals surface area contributed by atoms with Gasteiger partial charge in [-0.1, -0.05) is 18.2 Å². The van der Waals surface area contributed by atoms with E-state index in [2.05, 4.69) is 29.0 Å². The Bertz CT molecular complexity index is 913. The molecule has 4 nitrogen and oxygen atoms in total. The number of ether oxygens (including phenoxy) is 1. The maximum atomic E-state index is 12.9. The number of aromatic nitrogens is 1. The molecule has 0 N–H and O–H groups in total. The Morgan fingerprint density at radius 3 is 2.67 bits per heavy atom. The van der Waals surface area contributed by atoms with Crippen LogP contribution >= 0.6 is 11.3 Å². The number of hydrogen-bond donors (Lipinski definition) is 0. The van der Waals surface area contributed by atoms with Crippen molar-refractivity contribution in [2.75, 3.05) is 20.2 Å². The van der Waals surface area contributed by atoms with Crippen LogP contribution in [0.25, 0.3) is 0 Å². The molecule has 0 aliphatic heterocycles. The third-order valence-electron chi connectivity index (χ3n) is 4.73. The number of nitrogens with zero attached hydrogens (tertiary/aromatic N) is 2. The molecule has 0 atom stereocenters. The zero-order chi connectivity index (χ0) is 19.4. The standard InChI is InChI=1S/C22H26N2O2S/c1-16-7-5-8-19(13-16)26-11-10-23(4)22(25)21-14-17(2)24(18(21)3)15-20-9-6-12-27-20/h5-9,12-14H,10-11,15H2,1-4H3. The van der Waals surface area contributed by atoms with E-state index in [1.165, 1.54) is 4.88 Å². The van der Waals surface area contributed by atoms with Gasteiger partial charge in [0.2, 0.25) is 0 Å². The second-order valence-corrected chi connectivity index (χ2v) is 7.87. The Hall–Kier alpha value is -2.53. The fraction of sp³-hybridized carbons (Fsp3) is 0.318. The van der Waals surface area contributed by atoms with Gasteiger partial charge in [-0.05, 0) is 56.0 Å². The second kappa shape index (κ2) is 8.44. The average Bonchev–Trinajstić information content (AvgIpc) is 3.25. The first-order valence-electron chi connectivity index (χ1n) is 9.09. The van der Waals surface area contributed by atoms with Gasteiger partial charge in [0, 0.05) is 23.3 Å². The topological polar surface area (TPSA) is 34.5 Å². The summed E-state index contributed by atoms with van der Waals surface area (Å²) in [5.74, 6) is 0.873. The van der Waals surface area contributed by atoms with E-state index >= 15 is 0 Å². The fourth-order valence-corrected chi connectivity index (χ4v) is 3.82. The van der Waals surface area contributed by atoms with Crippen LogP contribution in [0.4, 0.5) is 0 Å². The van der Waals surface area contributed by atoms with E-state index in [1.807, 2.05) is 51.2 Å². The molecule has 142 valence electrons. The summed E-state index contributed by atoms with van der Waals surface area (Å²) in [6.07, 6.45) is 0. The molecule has 0 unspecified atom stereocenters. The Morgan fingerprint density at radius 2 is 1.96 bits per heavy atom. The maximum Gasteiger partial charge on any atom is 0.255 e. The first kappa shape index (κ1) is 19.2. The van der Waals surface area contributed by atoms with Crippen molar-refractivity contribution in [1.29, 1.82) is 0 Å². The molecular weight excluding hydrogens is 356 g/mol. The van der Waals surface area contributed by atoms with E-state index in [0.717, 1.165) is 34.8 Å². The molecule has 27 heavy (non-hydrogen) atoms. The molecule has 1 aromatic carbocycles. The number of amides is 1. The Labute approximate surface area is 165 Å². The summed E-state index contributed by atoms with van der Waals surface area (Å²) in [5.41, 5.74) is 4.04. The van der Waals surface area contributed by atoms with Crippen LogP contribution in [-0.4, -0.2) is 35.6 Å². The number of aryl methyl sites for hydroxylation is 2. The van der Waals surface area contributed by atoms with Crippen molar-refractivity contribution < 1.29 is 9.53 Å². The highest BCUT2D eigenvalue weighted by Crippen LogP contribution is 2.20. The highest BCUT2D eigenvalue weighted by atomic mass is 32.1. The molecule has 0 saturated heterocycles. The minimum absolute atomic E-state index is 0.0355. The Balaban J connectivity index is 1.62. The number of hydrogen-bond acceptors (Lipinski definition) is 3. The molecule has 0 aliphatic rings. The summed E-state index contributed by atoms with van der Waals surface area (Å²) in [6.45, 7) is 7.93. The molecule has 3 rings (SSSR count). The normalized spacial score (nSPS) is 10.8. The van der Waals surface area contributed by atoms with Crippen molar-refractivity contribution in [1.82, 2.24) is 9.47 Å². The summed E-state index contributed by atoms with van der Waals surface area (Å²) in [4.78, 5) is 15.9. The van der Waals surface area contributed by atoms with Gasteiger partial charge in [-0.15, -0.1) is 11.3 Å². The van der Waals surface area contributed by atoms with Crippen LogP contribution < -0.4 is 4.74 Å². The Kier molecular flexibility index (Phi) is 6.01. The van der Waals surface area contributed by atoms with E-state index in [-0.39, 0.29) is 5.91 Å². The lowest BCUT2D eigenvalue weighted by Crippen LogP contribution is -2.31. The number of carbonyl (C=O) groups excluding carboxylic acids is 1. The predicted molar refractivity (Wildman–Crippen MR) is 111 cm³/mol. The van der Waals surface area contributed by atoms with Crippen LogP contribution in [0.15, 0.2) is 47.8 Å². The molecule has 5 heteroatoms. The van der Waals surface area contributed by atoms with Crippen molar-refractivity contribution in [2.45, 2.75) is 27.3 Å². The molecule has 0 bridgehead atoms. The SMILES string of the molecule is Cc1cccc(OCCN(C)C(=O)c2cc(C)n(Cc3cccs3)c2C)c1. The molecule has 0 spiro atoms. The lowest BCUT2D eigenvalue weighted by atomic mass is 10.2. The van der Waals surface area contributed by atoms with Crippen molar-refractivity contribution in [2.24, 2.45) is 0 Å². The molecule has 1 amide bonds. The van der Waals surface area contributed by atoms with Gasteiger partial charge < -0.3 is 14.2 Å². The van der Waals surface area contributed by atoms with Gasteiger partial charge >= 0.3 is 0 Å². The molecule has 0 saturated carbocycles. The minimum Gasteiger partial charge on any atom is -0.492 e. The summed E-state index contributed by atoms with van der Waals surface area (Å²) < 4.78 is 7.98. The average molecular weight is 383 g/mol. The van der Waals surface area contributed by atoms with Gasteiger partial charge in [-0.3, -0.25) is 4.79 Å². The maximum absolute atomic E-state index is 12.9. The van der Waals surface area contributed by atoms with Gasteiger partial charge in [0.15, 0.2) is 0 Å². The van der Waals surface area contributed by atoms with E-state index in [9.17, 15) is 4.79 Å². The number of benzene rings is 1. The lowest BCUT2D eigenvalue weighted by Gasteiger charge is -2.18.